The van der Waals surface area contributed by atoms with E-state index in [0.717, 1.165) is 16.2 Å². The quantitative estimate of drug-likeness (QED) is 0.614. The molecule has 26 heavy (non-hydrogen) atoms. The largest absolute Gasteiger partial charge is 0.494 e. The number of hydrogen-bond acceptors (Lipinski definition) is 6. The Morgan fingerprint density at radius 3 is 2.85 bits per heavy atom. The van der Waals surface area contributed by atoms with Crippen molar-refractivity contribution in [1.29, 1.82) is 0 Å². The lowest BCUT2D eigenvalue weighted by Gasteiger charge is -2.09. The van der Waals surface area contributed by atoms with Crippen molar-refractivity contribution in [2.75, 3.05) is 12.4 Å². The minimum absolute atomic E-state index is 0.0442. The van der Waals surface area contributed by atoms with E-state index in [0.29, 0.717) is 24.7 Å². The zero-order valence-corrected chi connectivity index (χ0v) is 15.1. The van der Waals surface area contributed by atoms with E-state index in [1.54, 1.807) is 17.2 Å². The molecular formula is C18H19N5O2S. The second kappa shape index (κ2) is 9.00. The van der Waals surface area contributed by atoms with Crippen molar-refractivity contribution < 1.29 is 9.53 Å². The fourth-order valence-electron chi connectivity index (χ4n) is 2.28. The molecule has 2 heterocycles. The number of carbonyl (C=O) groups is 1. The van der Waals surface area contributed by atoms with Crippen molar-refractivity contribution >= 4 is 17.7 Å². The number of nitrogens with zero attached hydrogens (tertiary/aromatic N) is 4. The van der Waals surface area contributed by atoms with Gasteiger partial charge in [0, 0.05) is 23.2 Å². The van der Waals surface area contributed by atoms with E-state index >= 15 is 0 Å². The molecule has 0 unspecified atom stereocenters. The molecule has 8 heteroatoms. The van der Waals surface area contributed by atoms with E-state index in [2.05, 4.69) is 20.4 Å². The molecule has 1 amide bonds. The molecule has 0 spiro atoms. The first-order valence-corrected chi connectivity index (χ1v) is 9.16. The molecule has 3 aromatic rings. The Labute approximate surface area is 155 Å². The molecule has 134 valence electrons. The first-order chi connectivity index (χ1) is 12.8. The molecule has 0 aliphatic rings. The van der Waals surface area contributed by atoms with Gasteiger partial charge in [0.2, 0.25) is 5.91 Å². The van der Waals surface area contributed by atoms with Crippen LogP contribution in [-0.2, 0) is 11.3 Å². The van der Waals surface area contributed by atoms with E-state index in [4.69, 9.17) is 4.74 Å². The average Bonchev–Trinajstić information content (AvgIpc) is 3.21. The van der Waals surface area contributed by atoms with Gasteiger partial charge in [0.15, 0.2) is 5.82 Å². The Hall–Kier alpha value is -2.87. The number of benzene rings is 1. The van der Waals surface area contributed by atoms with Crippen molar-refractivity contribution in [3.8, 4) is 11.6 Å². The highest BCUT2D eigenvalue weighted by atomic mass is 32.2. The summed E-state index contributed by atoms with van der Waals surface area (Å²) in [6, 6.07) is 11.5. The van der Waals surface area contributed by atoms with Crippen molar-refractivity contribution in [2.45, 2.75) is 18.4 Å². The summed E-state index contributed by atoms with van der Waals surface area (Å²) in [4.78, 5) is 21.4. The molecular weight excluding hydrogens is 350 g/mol. The Bertz CT molecular complexity index is 837. The molecule has 0 bridgehead atoms. The van der Waals surface area contributed by atoms with E-state index in [-0.39, 0.29) is 5.91 Å². The highest BCUT2D eigenvalue weighted by Crippen LogP contribution is 2.21. The Balaban J connectivity index is 1.52. The van der Waals surface area contributed by atoms with E-state index in [1.807, 2.05) is 43.3 Å². The maximum Gasteiger partial charge on any atom is 0.230 e. The Kier molecular flexibility index (Phi) is 6.21. The first kappa shape index (κ1) is 17.9. The van der Waals surface area contributed by atoms with Crippen molar-refractivity contribution in [3.63, 3.8) is 0 Å². The van der Waals surface area contributed by atoms with Gasteiger partial charge in [0.05, 0.1) is 12.4 Å². The van der Waals surface area contributed by atoms with Crippen LogP contribution < -0.4 is 10.1 Å². The molecule has 3 rings (SSSR count). The van der Waals surface area contributed by atoms with Gasteiger partial charge in [-0.05, 0) is 37.3 Å². The third-order valence-electron chi connectivity index (χ3n) is 3.48. The predicted molar refractivity (Wildman–Crippen MR) is 99.3 cm³/mol. The minimum Gasteiger partial charge on any atom is -0.494 e. The second-order valence-corrected chi connectivity index (χ2v) is 6.34. The van der Waals surface area contributed by atoms with Gasteiger partial charge >= 0.3 is 0 Å². The maximum atomic E-state index is 12.1. The number of nitrogens with one attached hydrogen (secondary N) is 1. The van der Waals surface area contributed by atoms with E-state index in [1.165, 1.54) is 18.1 Å². The van der Waals surface area contributed by atoms with Crippen LogP contribution in [0, 0.1) is 0 Å². The van der Waals surface area contributed by atoms with Crippen LogP contribution in [0.4, 0.5) is 0 Å². The molecule has 0 saturated carbocycles. The number of amides is 1. The molecule has 1 aromatic carbocycles. The summed E-state index contributed by atoms with van der Waals surface area (Å²) < 4.78 is 6.99. The Morgan fingerprint density at radius 1 is 1.27 bits per heavy atom. The molecule has 0 aliphatic carbocycles. The van der Waals surface area contributed by atoms with Crippen LogP contribution in [0.3, 0.4) is 0 Å². The SMILES string of the molecule is CCOc1ccc(SCC(=O)NCc2cccnc2-n2cncn2)cc1. The fraction of sp³-hybridized carbons (Fsp3) is 0.222. The summed E-state index contributed by atoms with van der Waals surface area (Å²) in [6.45, 7) is 2.97. The number of ether oxygens (including phenoxy) is 1. The standard InChI is InChI=1S/C18H19N5O2S/c1-2-25-15-5-7-16(8-6-15)26-11-17(24)21-10-14-4-3-9-20-18(14)23-13-19-12-22-23/h3-9,12-13H,2,10-11H2,1H3,(H,21,24). The molecule has 0 fully saturated rings. The minimum atomic E-state index is -0.0442. The van der Waals surface area contributed by atoms with Crippen LogP contribution in [0.25, 0.3) is 5.82 Å². The molecule has 1 N–H and O–H groups in total. The lowest BCUT2D eigenvalue weighted by atomic mass is 10.2. The average molecular weight is 369 g/mol. The van der Waals surface area contributed by atoms with Crippen LogP contribution in [0.15, 0.2) is 60.1 Å². The van der Waals surface area contributed by atoms with Gasteiger partial charge in [-0.25, -0.2) is 14.6 Å². The zero-order chi connectivity index (χ0) is 18.2. The second-order valence-electron chi connectivity index (χ2n) is 5.30. The van der Waals surface area contributed by atoms with Crippen LogP contribution >= 0.6 is 11.8 Å². The van der Waals surface area contributed by atoms with Crippen molar-refractivity contribution in [2.24, 2.45) is 0 Å². The summed E-state index contributed by atoms with van der Waals surface area (Å²) in [6.07, 6.45) is 4.71. The van der Waals surface area contributed by atoms with Gasteiger partial charge in [-0.15, -0.1) is 11.8 Å². The zero-order valence-electron chi connectivity index (χ0n) is 14.3. The summed E-state index contributed by atoms with van der Waals surface area (Å²) in [5.41, 5.74) is 0.873. The summed E-state index contributed by atoms with van der Waals surface area (Å²) in [7, 11) is 0. The first-order valence-electron chi connectivity index (χ1n) is 8.17. The predicted octanol–water partition coefficient (Wildman–Crippen LogP) is 2.47. The van der Waals surface area contributed by atoms with Gasteiger partial charge in [-0.3, -0.25) is 4.79 Å². The monoisotopic (exact) mass is 369 g/mol. The van der Waals surface area contributed by atoms with Crippen LogP contribution in [0.2, 0.25) is 0 Å². The number of rotatable bonds is 8. The molecule has 0 atom stereocenters. The van der Waals surface area contributed by atoms with Gasteiger partial charge in [-0.2, -0.15) is 5.10 Å². The smallest absolute Gasteiger partial charge is 0.230 e. The summed E-state index contributed by atoms with van der Waals surface area (Å²) >= 11 is 1.48. The molecule has 2 aromatic heterocycles. The number of hydrogen-bond donors (Lipinski definition) is 1. The topological polar surface area (TPSA) is 81.9 Å². The highest BCUT2D eigenvalue weighted by Gasteiger charge is 2.09. The number of pyridine rings is 1. The van der Waals surface area contributed by atoms with Gasteiger partial charge < -0.3 is 10.1 Å². The summed E-state index contributed by atoms with van der Waals surface area (Å²) in [5, 5.41) is 7.00. The number of thioether (sulfide) groups is 1. The maximum absolute atomic E-state index is 12.1. The third kappa shape index (κ3) is 4.82. The molecule has 7 nitrogen and oxygen atoms in total. The lowest BCUT2D eigenvalue weighted by Crippen LogP contribution is -2.25. The number of aromatic nitrogens is 4. The fourth-order valence-corrected chi connectivity index (χ4v) is 3.01. The lowest BCUT2D eigenvalue weighted by molar-refractivity contribution is -0.118. The van der Waals surface area contributed by atoms with E-state index in [9.17, 15) is 4.79 Å². The van der Waals surface area contributed by atoms with Crippen molar-refractivity contribution in [1.82, 2.24) is 25.1 Å². The highest BCUT2D eigenvalue weighted by molar-refractivity contribution is 8.00. The molecule has 0 aliphatic heterocycles. The normalized spacial score (nSPS) is 10.5. The van der Waals surface area contributed by atoms with Gasteiger partial charge in [0.25, 0.3) is 0 Å². The summed E-state index contributed by atoms with van der Waals surface area (Å²) in [5.74, 6) is 1.78. The van der Waals surface area contributed by atoms with E-state index < -0.39 is 0 Å². The third-order valence-corrected chi connectivity index (χ3v) is 4.50. The van der Waals surface area contributed by atoms with Crippen LogP contribution in [0.1, 0.15) is 12.5 Å². The Morgan fingerprint density at radius 2 is 2.12 bits per heavy atom. The molecule has 0 saturated heterocycles. The molecule has 0 radical (unpaired) electrons. The van der Waals surface area contributed by atoms with Crippen LogP contribution in [-0.4, -0.2) is 38.0 Å². The van der Waals surface area contributed by atoms with Gasteiger partial charge in [-0.1, -0.05) is 6.07 Å². The van der Waals surface area contributed by atoms with Crippen molar-refractivity contribution in [3.05, 3.63) is 60.8 Å². The van der Waals surface area contributed by atoms with Crippen LogP contribution in [0.5, 0.6) is 5.75 Å². The number of carbonyl (C=O) groups excluding carboxylic acids is 1. The van der Waals surface area contributed by atoms with Gasteiger partial charge in [0.1, 0.15) is 18.4 Å².